The van der Waals surface area contributed by atoms with Gasteiger partial charge in [0.15, 0.2) is 0 Å². The Hall–Kier alpha value is -2.24. The molecule has 1 unspecified atom stereocenters. The van der Waals surface area contributed by atoms with E-state index in [1.807, 2.05) is 0 Å². The van der Waals surface area contributed by atoms with Gasteiger partial charge in [-0.15, -0.1) is 0 Å². The molecule has 1 aromatic carbocycles. The van der Waals surface area contributed by atoms with E-state index in [0.717, 1.165) is 32.4 Å². The van der Waals surface area contributed by atoms with Gasteiger partial charge in [-0.2, -0.15) is 0 Å². The predicted molar refractivity (Wildman–Crippen MR) is 111 cm³/mol. The van der Waals surface area contributed by atoms with Crippen LogP contribution in [-0.2, 0) is 10.2 Å². The van der Waals surface area contributed by atoms with Crippen LogP contribution in [0.1, 0.15) is 52.0 Å². The number of hydrogen-bond donors (Lipinski definition) is 2. The van der Waals surface area contributed by atoms with E-state index in [2.05, 4.69) is 55.3 Å². The molecule has 0 bridgehead atoms. The largest absolute Gasteiger partial charge is 0.481 e. The van der Waals surface area contributed by atoms with Crippen LogP contribution in [0.2, 0.25) is 0 Å². The summed E-state index contributed by atoms with van der Waals surface area (Å²) >= 11 is 0. The first-order valence-corrected chi connectivity index (χ1v) is 10.4. The van der Waals surface area contributed by atoms with Crippen LogP contribution in [0.25, 0.3) is 0 Å². The number of urea groups is 1. The molecule has 154 valence electrons. The summed E-state index contributed by atoms with van der Waals surface area (Å²) in [5.41, 5.74) is 2.72. The minimum atomic E-state index is -0.803. The average Bonchev–Trinajstić information content (AvgIpc) is 2.68. The van der Waals surface area contributed by atoms with E-state index in [-0.39, 0.29) is 17.5 Å². The Morgan fingerprint density at radius 2 is 1.68 bits per heavy atom. The Kier molecular flexibility index (Phi) is 6.16. The summed E-state index contributed by atoms with van der Waals surface area (Å²) in [6, 6.07) is 8.84. The molecule has 6 heteroatoms. The van der Waals surface area contributed by atoms with Crippen molar-refractivity contribution in [1.82, 2.24) is 10.2 Å². The second kappa shape index (κ2) is 8.41. The van der Waals surface area contributed by atoms with Crippen molar-refractivity contribution >= 4 is 17.7 Å². The first kappa shape index (κ1) is 20.5. The minimum absolute atomic E-state index is 0.112. The van der Waals surface area contributed by atoms with Gasteiger partial charge in [0.1, 0.15) is 0 Å². The number of anilines is 1. The number of aliphatic carboxylic acids is 1. The van der Waals surface area contributed by atoms with E-state index in [9.17, 15) is 14.7 Å². The van der Waals surface area contributed by atoms with Crippen LogP contribution in [-0.4, -0.2) is 54.2 Å². The molecule has 1 atom stereocenters. The van der Waals surface area contributed by atoms with Gasteiger partial charge in [-0.25, -0.2) is 4.79 Å². The Morgan fingerprint density at radius 3 is 2.25 bits per heavy atom. The van der Waals surface area contributed by atoms with Crippen molar-refractivity contribution in [2.24, 2.45) is 5.92 Å². The maximum absolute atomic E-state index is 12.5. The molecular formula is C22H33N3O3. The van der Waals surface area contributed by atoms with Crippen molar-refractivity contribution < 1.29 is 14.7 Å². The third kappa shape index (κ3) is 4.97. The highest BCUT2D eigenvalue weighted by molar-refractivity contribution is 5.76. The van der Waals surface area contributed by atoms with E-state index in [0.29, 0.717) is 19.5 Å². The van der Waals surface area contributed by atoms with E-state index in [1.165, 1.54) is 11.3 Å². The van der Waals surface area contributed by atoms with Gasteiger partial charge in [0.05, 0.1) is 5.92 Å². The number of amides is 2. The van der Waals surface area contributed by atoms with E-state index in [1.54, 1.807) is 4.90 Å². The highest BCUT2D eigenvalue weighted by Gasteiger charge is 2.30. The topological polar surface area (TPSA) is 72.9 Å². The number of carbonyl (C=O) groups is 2. The summed E-state index contributed by atoms with van der Waals surface area (Å²) in [7, 11) is 0. The van der Waals surface area contributed by atoms with Crippen LogP contribution in [0.15, 0.2) is 24.3 Å². The third-order valence-electron chi connectivity index (χ3n) is 5.98. The number of carbonyl (C=O) groups excluding carboxylic acids is 1. The monoisotopic (exact) mass is 387 g/mol. The van der Waals surface area contributed by atoms with Crippen LogP contribution in [0.5, 0.6) is 0 Å². The second-order valence-electron chi connectivity index (χ2n) is 9.13. The lowest BCUT2D eigenvalue weighted by atomic mass is 9.87. The molecule has 6 nitrogen and oxygen atoms in total. The van der Waals surface area contributed by atoms with Crippen LogP contribution in [0, 0.1) is 5.92 Å². The summed E-state index contributed by atoms with van der Waals surface area (Å²) in [6.07, 6.45) is 3.23. The van der Waals surface area contributed by atoms with Gasteiger partial charge in [-0.3, -0.25) is 4.79 Å². The molecule has 2 aliphatic rings. The molecule has 0 aliphatic carbocycles. The van der Waals surface area contributed by atoms with Crippen molar-refractivity contribution in [3.05, 3.63) is 29.8 Å². The summed E-state index contributed by atoms with van der Waals surface area (Å²) < 4.78 is 0. The van der Waals surface area contributed by atoms with Gasteiger partial charge in [0, 0.05) is 37.9 Å². The first-order valence-electron chi connectivity index (χ1n) is 10.4. The van der Waals surface area contributed by atoms with Crippen LogP contribution in [0.3, 0.4) is 0 Å². The Morgan fingerprint density at radius 1 is 1.04 bits per heavy atom. The Balaban J connectivity index is 1.49. The first-order chi connectivity index (χ1) is 13.2. The van der Waals surface area contributed by atoms with Gasteiger partial charge in [0.2, 0.25) is 0 Å². The molecular weight excluding hydrogens is 354 g/mol. The number of carboxylic acids is 1. The lowest BCUT2D eigenvalue weighted by Crippen LogP contribution is -2.52. The molecule has 2 saturated heterocycles. The number of likely N-dealkylation sites (tertiary alicyclic amines) is 1. The van der Waals surface area contributed by atoms with Crippen LogP contribution >= 0.6 is 0 Å². The summed E-state index contributed by atoms with van der Waals surface area (Å²) in [5, 5.41) is 12.3. The highest BCUT2D eigenvalue weighted by atomic mass is 16.4. The van der Waals surface area contributed by atoms with Gasteiger partial charge >= 0.3 is 12.0 Å². The zero-order valence-electron chi connectivity index (χ0n) is 17.3. The molecule has 2 N–H and O–H groups in total. The SMILES string of the molecule is CC(C)(C)c1ccc(N2CCC(NC(=O)N3CCCC(C(=O)O)C3)CC2)cc1. The Bertz CT molecular complexity index is 688. The molecule has 0 radical (unpaired) electrons. The normalized spacial score (nSPS) is 21.5. The smallest absolute Gasteiger partial charge is 0.317 e. The lowest BCUT2D eigenvalue weighted by Gasteiger charge is -2.36. The number of carboxylic acid groups (broad SMARTS) is 1. The lowest BCUT2D eigenvalue weighted by molar-refractivity contribution is -0.143. The molecule has 0 saturated carbocycles. The maximum atomic E-state index is 12.5. The number of nitrogens with one attached hydrogen (secondary N) is 1. The van der Waals surface area contributed by atoms with Crippen molar-refractivity contribution in [1.29, 1.82) is 0 Å². The molecule has 2 aliphatic heterocycles. The quantitative estimate of drug-likeness (QED) is 0.833. The van der Waals surface area contributed by atoms with E-state index >= 15 is 0 Å². The predicted octanol–water partition coefficient (Wildman–Crippen LogP) is 3.46. The number of nitrogens with zero attached hydrogens (tertiary/aromatic N) is 2. The molecule has 0 spiro atoms. The molecule has 0 aromatic heterocycles. The molecule has 1 aromatic rings. The molecule has 28 heavy (non-hydrogen) atoms. The van der Waals surface area contributed by atoms with Crippen molar-refractivity contribution in [2.75, 3.05) is 31.1 Å². The van der Waals surface area contributed by atoms with Gasteiger partial charge in [-0.1, -0.05) is 32.9 Å². The standard InChI is InChI=1S/C22H33N3O3/c1-22(2,3)17-6-8-19(9-7-17)24-13-10-18(11-14-24)23-21(28)25-12-4-5-16(15-25)20(26)27/h6-9,16,18H,4-5,10-15H2,1-3H3,(H,23,28)(H,26,27). The fraction of sp³-hybridized carbons (Fsp3) is 0.636. The van der Waals surface area contributed by atoms with E-state index < -0.39 is 11.9 Å². The molecule has 3 rings (SSSR count). The van der Waals surface area contributed by atoms with Crippen molar-refractivity contribution in [3.63, 3.8) is 0 Å². The molecule has 2 amide bonds. The fourth-order valence-corrected chi connectivity index (χ4v) is 4.08. The highest BCUT2D eigenvalue weighted by Crippen LogP contribution is 2.26. The second-order valence-corrected chi connectivity index (χ2v) is 9.13. The minimum Gasteiger partial charge on any atom is -0.481 e. The summed E-state index contributed by atoms with van der Waals surface area (Å²) in [5.74, 6) is -1.24. The average molecular weight is 388 g/mol. The summed E-state index contributed by atoms with van der Waals surface area (Å²) in [4.78, 5) is 27.8. The fourth-order valence-electron chi connectivity index (χ4n) is 4.08. The zero-order chi connectivity index (χ0) is 20.3. The number of piperidine rings is 2. The van der Waals surface area contributed by atoms with Gasteiger partial charge in [0.25, 0.3) is 0 Å². The zero-order valence-corrected chi connectivity index (χ0v) is 17.3. The summed E-state index contributed by atoms with van der Waals surface area (Å²) in [6.45, 7) is 9.45. The van der Waals surface area contributed by atoms with Gasteiger partial charge < -0.3 is 20.2 Å². The molecule has 2 fully saturated rings. The Labute approximate surface area is 167 Å². The van der Waals surface area contributed by atoms with E-state index in [4.69, 9.17) is 0 Å². The maximum Gasteiger partial charge on any atom is 0.317 e. The van der Waals surface area contributed by atoms with Crippen molar-refractivity contribution in [3.8, 4) is 0 Å². The third-order valence-corrected chi connectivity index (χ3v) is 5.98. The number of hydrogen-bond acceptors (Lipinski definition) is 3. The number of benzene rings is 1. The van der Waals surface area contributed by atoms with Crippen LogP contribution in [0.4, 0.5) is 10.5 Å². The molecule has 2 heterocycles. The van der Waals surface area contributed by atoms with Crippen LogP contribution < -0.4 is 10.2 Å². The van der Waals surface area contributed by atoms with Gasteiger partial charge in [-0.05, 0) is 48.8 Å². The van der Waals surface area contributed by atoms with Crippen molar-refractivity contribution in [2.45, 2.75) is 57.9 Å². The number of rotatable bonds is 3.